The SMILES string of the molecule is C/C=C(\C/C=C\NC)C(N)=O. The average Bonchev–Trinajstić information content (AvgIpc) is 1.97. The number of nitrogens with one attached hydrogen (secondary N) is 1. The minimum absolute atomic E-state index is 0.353. The quantitative estimate of drug-likeness (QED) is 0.581. The zero-order valence-corrected chi connectivity index (χ0v) is 6.92. The van der Waals surface area contributed by atoms with Crippen molar-refractivity contribution < 1.29 is 4.79 Å². The Bertz CT molecular complexity index is 183. The topological polar surface area (TPSA) is 55.1 Å². The van der Waals surface area contributed by atoms with Gasteiger partial charge >= 0.3 is 0 Å². The van der Waals surface area contributed by atoms with Crippen LogP contribution in [0.1, 0.15) is 13.3 Å². The summed E-state index contributed by atoms with van der Waals surface area (Å²) in [5, 5.41) is 2.83. The molecule has 0 aromatic rings. The number of hydrogen-bond donors (Lipinski definition) is 2. The number of nitrogens with two attached hydrogens (primary N) is 1. The highest BCUT2D eigenvalue weighted by Crippen LogP contribution is 1.99. The molecule has 0 saturated carbocycles. The van der Waals surface area contributed by atoms with Gasteiger partial charge in [0.25, 0.3) is 0 Å². The zero-order valence-electron chi connectivity index (χ0n) is 6.92. The van der Waals surface area contributed by atoms with Crippen LogP contribution in [0.4, 0.5) is 0 Å². The highest BCUT2D eigenvalue weighted by atomic mass is 16.1. The summed E-state index contributed by atoms with van der Waals surface area (Å²) >= 11 is 0. The van der Waals surface area contributed by atoms with Gasteiger partial charge < -0.3 is 11.1 Å². The van der Waals surface area contributed by atoms with Gasteiger partial charge in [0.1, 0.15) is 0 Å². The molecule has 0 aromatic heterocycles. The third-order valence-corrected chi connectivity index (χ3v) is 1.29. The lowest BCUT2D eigenvalue weighted by Crippen LogP contribution is -2.13. The van der Waals surface area contributed by atoms with Gasteiger partial charge in [-0.05, 0) is 19.5 Å². The van der Waals surface area contributed by atoms with Crippen LogP contribution >= 0.6 is 0 Å². The molecule has 0 spiro atoms. The fourth-order valence-corrected chi connectivity index (χ4v) is 0.664. The lowest BCUT2D eigenvalue weighted by molar-refractivity contribution is -0.114. The molecule has 0 fully saturated rings. The first-order valence-corrected chi connectivity index (χ1v) is 3.49. The van der Waals surface area contributed by atoms with Gasteiger partial charge in [0.05, 0.1) is 0 Å². The van der Waals surface area contributed by atoms with Crippen molar-refractivity contribution in [2.24, 2.45) is 5.73 Å². The van der Waals surface area contributed by atoms with E-state index in [9.17, 15) is 4.79 Å². The minimum Gasteiger partial charge on any atom is -0.394 e. The van der Waals surface area contributed by atoms with Gasteiger partial charge in [-0.2, -0.15) is 0 Å². The molecule has 11 heavy (non-hydrogen) atoms. The van der Waals surface area contributed by atoms with E-state index >= 15 is 0 Å². The normalized spacial score (nSPS) is 12.0. The maximum Gasteiger partial charge on any atom is 0.244 e. The van der Waals surface area contributed by atoms with Gasteiger partial charge in [-0.3, -0.25) is 4.79 Å². The first kappa shape index (κ1) is 9.75. The second-order valence-corrected chi connectivity index (χ2v) is 2.07. The van der Waals surface area contributed by atoms with E-state index < -0.39 is 0 Å². The summed E-state index contributed by atoms with van der Waals surface area (Å²) in [5.41, 5.74) is 5.70. The van der Waals surface area contributed by atoms with Crippen molar-refractivity contribution in [3.8, 4) is 0 Å². The van der Waals surface area contributed by atoms with E-state index in [0.29, 0.717) is 12.0 Å². The van der Waals surface area contributed by atoms with Gasteiger partial charge in [-0.1, -0.05) is 12.2 Å². The molecule has 62 valence electrons. The van der Waals surface area contributed by atoms with Gasteiger partial charge in [-0.15, -0.1) is 0 Å². The molecule has 0 saturated heterocycles. The van der Waals surface area contributed by atoms with Crippen LogP contribution in [0.3, 0.4) is 0 Å². The summed E-state index contributed by atoms with van der Waals surface area (Å²) < 4.78 is 0. The van der Waals surface area contributed by atoms with Crippen molar-refractivity contribution in [2.75, 3.05) is 7.05 Å². The largest absolute Gasteiger partial charge is 0.394 e. The Morgan fingerprint density at radius 3 is 2.64 bits per heavy atom. The molecular formula is C8H14N2O. The van der Waals surface area contributed by atoms with Crippen LogP contribution in [-0.2, 0) is 4.79 Å². The predicted molar refractivity (Wildman–Crippen MR) is 45.8 cm³/mol. The van der Waals surface area contributed by atoms with E-state index in [1.807, 2.05) is 6.08 Å². The molecule has 1 amide bonds. The van der Waals surface area contributed by atoms with Crippen LogP contribution in [0.15, 0.2) is 23.9 Å². The van der Waals surface area contributed by atoms with Crippen molar-refractivity contribution >= 4 is 5.91 Å². The number of primary amides is 1. The van der Waals surface area contributed by atoms with Crippen molar-refractivity contribution in [3.05, 3.63) is 23.9 Å². The Morgan fingerprint density at radius 2 is 2.27 bits per heavy atom. The summed E-state index contributed by atoms with van der Waals surface area (Å²) in [7, 11) is 1.80. The number of allylic oxidation sites excluding steroid dienone is 2. The van der Waals surface area contributed by atoms with E-state index in [0.717, 1.165) is 0 Å². The molecular weight excluding hydrogens is 140 g/mol. The second-order valence-electron chi connectivity index (χ2n) is 2.07. The summed E-state index contributed by atoms with van der Waals surface area (Å²) in [6.45, 7) is 1.80. The number of hydrogen-bond acceptors (Lipinski definition) is 2. The molecule has 3 nitrogen and oxygen atoms in total. The van der Waals surface area contributed by atoms with Crippen LogP contribution < -0.4 is 11.1 Å². The van der Waals surface area contributed by atoms with Crippen LogP contribution in [0.5, 0.6) is 0 Å². The molecule has 0 aromatic carbocycles. The Labute approximate surface area is 67.0 Å². The lowest BCUT2D eigenvalue weighted by Gasteiger charge is -1.95. The molecule has 0 aliphatic carbocycles. The van der Waals surface area contributed by atoms with Crippen LogP contribution in [-0.4, -0.2) is 13.0 Å². The number of rotatable bonds is 4. The number of carbonyl (C=O) groups is 1. The van der Waals surface area contributed by atoms with Crippen LogP contribution in [0.25, 0.3) is 0 Å². The van der Waals surface area contributed by atoms with Gasteiger partial charge in [0.2, 0.25) is 5.91 Å². The molecule has 0 atom stereocenters. The highest BCUT2D eigenvalue weighted by Gasteiger charge is 1.98. The minimum atomic E-state index is -0.353. The Hall–Kier alpha value is -1.25. The molecule has 0 aliphatic rings. The summed E-state index contributed by atoms with van der Waals surface area (Å²) in [5.74, 6) is -0.353. The molecule has 0 radical (unpaired) electrons. The van der Waals surface area contributed by atoms with Crippen LogP contribution in [0.2, 0.25) is 0 Å². The van der Waals surface area contributed by atoms with E-state index in [-0.39, 0.29) is 5.91 Å². The number of amides is 1. The fourth-order valence-electron chi connectivity index (χ4n) is 0.664. The highest BCUT2D eigenvalue weighted by molar-refractivity contribution is 5.92. The van der Waals surface area contributed by atoms with Crippen molar-refractivity contribution in [1.82, 2.24) is 5.32 Å². The summed E-state index contributed by atoms with van der Waals surface area (Å²) in [4.78, 5) is 10.6. The lowest BCUT2D eigenvalue weighted by atomic mass is 10.2. The van der Waals surface area contributed by atoms with E-state index in [4.69, 9.17) is 5.73 Å². The Kier molecular flexibility index (Phi) is 4.90. The maximum absolute atomic E-state index is 10.6. The molecule has 0 unspecified atom stereocenters. The van der Waals surface area contributed by atoms with Crippen molar-refractivity contribution in [2.45, 2.75) is 13.3 Å². The second kappa shape index (κ2) is 5.53. The third-order valence-electron chi connectivity index (χ3n) is 1.29. The maximum atomic E-state index is 10.6. The first-order chi connectivity index (χ1) is 5.22. The predicted octanol–water partition coefficient (Wildman–Crippen LogP) is 0.541. The van der Waals surface area contributed by atoms with Gasteiger partial charge in [0, 0.05) is 12.6 Å². The number of carbonyl (C=O) groups excluding carboxylic acids is 1. The zero-order chi connectivity index (χ0) is 8.69. The third kappa shape index (κ3) is 4.19. The molecule has 0 rings (SSSR count). The Morgan fingerprint density at radius 1 is 1.64 bits per heavy atom. The van der Waals surface area contributed by atoms with E-state index in [1.54, 1.807) is 26.2 Å². The first-order valence-electron chi connectivity index (χ1n) is 3.49. The van der Waals surface area contributed by atoms with Gasteiger partial charge in [-0.25, -0.2) is 0 Å². The van der Waals surface area contributed by atoms with Crippen molar-refractivity contribution in [3.63, 3.8) is 0 Å². The Balaban J connectivity index is 3.91. The van der Waals surface area contributed by atoms with Crippen LogP contribution in [0, 0.1) is 0 Å². The standard InChI is InChI=1S/C8H14N2O/c1-3-7(8(9)11)5-4-6-10-2/h3-4,6,10H,5H2,1-2H3,(H2,9,11)/b6-4-,7-3+. The fraction of sp³-hybridized carbons (Fsp3) is 0.375. The molecule has 3 heteroatoms. The van der Waals surface area contributed by atoms with Gasteiger partial charge in [0.15, 0.2) is 0 Å². The molecule has 3 N–H and O–H groups in total. The molecule has 0 aliphatic heterocycles. The smallest absolute Gasteiger partial charge is 0.244 e. The summed E-state index contributed by atoms with van der Waals surface area (Å²) in [6.07, 6.45) is 5.93. The van der Waals surface area contributed by atoms with Crippen molar-refractivity contribution in [1.29, 1.82) is 0 Å². The summed E-state index contributed by atoms with van der Waals surface area (Å²) in [6, 6.07) is 0. The van der Waals surface area contributed by atoms with E-state index in [1.165, 1.54) is 0 Å². The average molecular weight is 154 g/mol. The molecule has 0 bridgehead atoms. The van der Waals surface area contributed by atoms with E-state index in [2.05, 4.69) is 5.32 Å². The molecule has 0 heterocycles. The monoisotopic (exact) mass is 154 g/mol.